The Hall–Kier alpha value is -4.12. The summed E-state index contributed by atoms with van der Waals surface area (Å²) in [6, 6.07) is 16.3. The molecular weight excluding hydrogens is 406 g/mol. The van der Waals surface area contributed by atoms with E-state index in [1.807, 2.05) is 24.3 Å². The first-order chi connectivity index (χ1) is 15.6. The van der Waals surface area contributed by atoms with Gasteiger partial charge in [-0.15, -0.1) is 0 Å². The molecule has 2 amide bonds. The molecule has 0 saturated carbocycles. The summed E-state index contributed by atoms with van der Waals surface area (Å²) in [5.74, 6) is 0.733. The molecule has 0 radical (unpaired) electrons. The van der Waals surface area contributed by atoms with Crippen molar-refractivity contribution in [3.8, 4) is 6.07 Å². The highest BCUT2D eigenvalue weighted by atomic mass is 16.3. The number of anilines is 2. The molecule has 0 aliphatic carbocycles. The zero-order valence-electron chi connectivity index (χ0n) is 17.5. The Balaban J connectivity index is 1.26. The second-order valence-corrected chi connectivity index (χ2v) is 7.63. The van der Waals surface area contributed by atoms with Gasteiger partial charge in [-0.1, -0.05) is 12.1 Å². The van der Waals surface area contributed by atoms with Gasteiger partial charge in [0.25, 0.3) is 5.91 Å². The van der Waals surface area contributed by atoms with Crippen LogP contribution in [-0.4, -0.2) is 29.9 Å². The number of amides is 2. The van der Waals surface area contributed by atoms with Crippen molar-refractivity contribution >= 4 is 23.3 Å². The molecule has 0 unspecified atom stereocenters. The molecule has 0 bridgehead atoms. The molecule has 2 aromatic heterocycles. The maximum atomic E-state index is 12.7. The third-order valence-corrected chi connectivity index (χ3v) is 5.46. The van der Waals surface area contributed by atoms with E-state index in [1.165, 1.54) is 6.26 Å². The fourth-order valence-electron chi connectivity index (χ4n) is 3.70. The minimum atomic E-state index is -0.320. The highest BCUT2D eigenvalue weighted by Crippen LogP contribution is 2.22. The van der Waals surface area contributed by atoms with Crippen molar-refractivity contribution in [3.63, 3.8) is 0 Å². The second kappa shape index (κ2) is 9.79. The first-order valence-electron chi connectivity index (χ1n) is 10.4. The van der Waals surface area contributed by atoms with Crippen LogP contribution in [-0.2, 0) is 11.3 Å². The Morgan fingerprint density at radius 3 is 2.69 bits per heavy atom. The van der Waals surface area contributed by atoms with Crippen LogP contribution in [0.4, 0.5) is 11.5 Å². The molecule has 0 spiro atoms. The largest absolute Gasteiger partial charge is 0.459 e. The van der Waals surface area contributed by atoms with E-state index < -0.39 is 0 Å². The topological polar surface area (TPSA) is 111 Å². The Bertz CT molecular complexity index is 1110. The molecule has 3 heterocycles. The van der Waals surface area contributed by atoms with Crippen molar-refractivity contribution in [2.24, 2.45) is 5.92 Å². The Morgan fingerprint density at radius 1 is 1.16 bits per heavy atom. The lowest BCUT2D eigenvalue weighted by Gasteiger charge is -2.32. The molecule has 8 nitrogen and oxygen atoms in total. The zero-order chi connectivity index (χ0) is 22.3. The van der Waals surface area contributed by atoms with Crippen molar-refractivity contribution in [2.75, 3.05) is 23.3 Å². The van der Waals surface area contributed by atoms with E-state index in [2.05, 4.69) is 26.6 Å². The van der Waals surface area contributed by atoms with Gasteiger partial charge in [-0.25, -0.2) is 4.98 Å². The molecule has 1 aliphatic rings. The average molecular weight is 429 g/mol. The van der Waals surface area contributed by atoms with Crippen LogP contribution in [0.3, 0.4) is 0 Å². The molecule has 4 rings (SSSR count). The summed E-state index contributed by atoms with van der Waals surface area (Å²) in [6.07, 6.45) is 4.51. The van der Waals surface area contributed by atoms with Gasteiger partial charge in [0.1, 0.15) is 11.9 Å². The van der Waals surface area contributed by atoms with E-state index in [9.17, 15) is 9.59 Å². The molecule has 8 heteroatoms. The SMILES string of the molecule is N#Cc1ccc(N2CCC(C(=O)NCc3cccc(NC(=O)c4ccco4)c3)CC2)nc1. The predicted molar refractivity (Wildman–Crippen MR) is 119 cm³/mol. The third kappa shape index (κ3) is 5.13. The maximum Gasteiger partial charge on any atom is 0.291 e. The number of rotatable bonds is 6. The number of hydrogen-bond donors (Lipinski definition) is 2. The fraction of sp³-hybridized carbons (Fsp3) is 0.250. The summed E-state index contributed by atoms with van der Waals surface area (Å²) in [5.41, 5.74) is 2.07. The van der Waals surface area contributed by atoms with Crippen LogP contribution in [0.5, 0.6) is 0 Å². The quantitative estimate of drug-likeness (QED) is 0.622. The number of nitrogens with zero attached hydrogens (tertiary/aromatic N) is 3. The zero-order valence-corrected chi connectivity index (χ0v) is 17.5. The standard InChI is InChI=1S/C24H23N5O3/c25-14-18-6-7-22(26-16-18)29-10-8-19(9-11-29)23(30)27-15-17-3-1-4-20(13-17)28-24(31)21-5-2-12-32-21/h1-7,12-13,16,19H,8-11,15H2,(H,27,30)(H,28,31). The first-order valence-corrected chi connectivity index (χ1v) is 10.4. The molecule has 1 saturated heterocycles. The minimum Gasteiger partial charge on any atom is -0.459 e. The Kier molecular flexibility index (Phi) is 6.46. The number of carbonyl (C=O) groups is 2. The second-order valence-electron chi connectivity index (χ2n) is 7.63. The van der Waals surface area contributed by atoms with Gasteiger partial charge in [0.2, 0.25) is 5.91 Å². The van der Waals surface area contributed by atoms with Crippen LogP contribution in [0.25, 0.3) is 0 Å². The van der Waals surface area contributed by atoms with Crippen LogP contribution < -0.4 is 15.5 Å². The number of hydrogen-bond acceptors (Lipinski definition) is 6. The molecule has 3 aromatic rings. The van der Waals surface area contributed by atoms with Gasteiger partial charge in [-0.3, -0.25) is 9.59 Å². The molecule has 2 N–H and O–H groups in total. The highest BCUT2D eigenvalue weighted by molar-refractivity contribution is 6.02. The van der Waals surface area contributed by atoms with Crippen molar-refractivity contribution in [1.82, 2.24) is 10.3 Å². The van der Waals surface area contributed by atoms with E-state index in [0.717, 1.165) is 37.3 Å². The van der Waals surface area contributed by atoms with Gasteiger partial charge in [-0.2, -0.15) is 5.26 Å². The fourth-order valence-corrected chi connectivity index (χ4v) is 3.70. The van der Waals surface area contributed by atoms with Crippen LogP contribution in [0.15, 0.2) is 65.4 Å². The molecule has 1 fully saturated rings. The summed E-state index contributed by atoms with van der Waals surface area (Å²) in [5, 5.41) is 14.7. The summed E-state index contributed by atoms with van der Waals surface area (Å²) < 4.78 is 5.10. The van der Waals surface area contributed by atoms with Crippen LogP contribution in [0, 0.1) is 17.2 Å². The summed E-state index contributed by atoms with van der Waals surface area (Å²) in [7, 11) is 0. The molecule has 1 aromatic carbocycles. The normalized spacial score (nSPS) is 13.9. The third-order valence-electron chi connectivity index (χ3n) is 5.46. The number of piperidine rings is 1. The van der Waals surface area contributed by atoms with Gasteiger partial charge < -0.3 is 20.0 Å². The lowest BCUT2D eigenvalue weighted by molar-refractivity contribution is -0.125. The summed E-state index contributed by atoms with van der Waals surface area (Å²) >= 11 is 0. The number of nitriles is 1. The van der Waals surface area contributed by atoms with E-state index >= 15 is 0 Å². The van der Waals surface area contributed by atoms with Crippen LogP contribution >= 0.6 is 0 Å². The monoisotopic (exact) mass is 429 g/mol. The Morgan fingerprint density at radius 2 is 2.00 bits per heavy atom. The number of aromatic nitrogens is 1. The number of pyridine rings is 1. The number of furan rings is 1. The van der Waals surface area contributed by atoms with Gasteiger partial charge >= 0.3 is 0 Å². The minimum absolute atomic E-state index is 0.0301. The van der Waals surface area contributed by atoms with Crippen LogP contribution in [0.1, 0.15) is 34.5 Å². The van der Waals surface area contributed by atoms with Crippen molar-refractivity contribution in [1.29, 1.82) is 5.26 Å². The highest BCUT2D eigenvalue weighted by Gasteiger charge is 2.25. The Labute approximate surface area is 185 Å². The average Bonchev–Trinajstić information content (AvgIpc) is 3.38. The van der Waals surface area contributed by atoms with E-state index in [-0.39, 0.29) is 23.5 Å². The van der Waals surface area contributed by atoms with E-state index in [0.29, 0.717) is 17.8 Å². The maximum absolute atomic E-state index is 12.7. The molecule has 1 aliphatic heterocycles. The first kappa shape index (κ1) is 21.1. The summed E-state index contributed by atoms with van der Waals surface area (Å²) in [4.78, 5) is 31.2. The van der Waals surface area contributed by atoms with E-state index in [1.54, 1.807) is 30.5 Å². The molecule has 0 atom stereocenters. The van der Waals surface area contributed by atoms with Gasteiger partial charge in [0, 0.05) is 37.4 Å². The van der Waals surface area contributed by atoms with E-state index in [4.69, 9.17) is 9.68 Å². The predicted octanol–water partition coefficient (Wildman–Crippen LogP) is 3.33. The smallest absolute Gasteiger partial charge is 0.291 e. The lowest BCUT2D eigenvalue weighted by atomic mass is 9.95. The molecular formula is C24H23N5O3. The van der Waals surface area contributed by atoms with Crippen LogP contribution in [0.2, 0.25) is 0 Å². The number of nitrogens with one attached hydrogen (secondary N) is 2. The van der Waals surface area contributed by atoms with Crippen molar-refractivity contribution in [3.05, 3.63) is 77.9 Å². The lowest BCUT2D eigenvalue weighted by Crippen LogP contribution is -2.40. The molecule has 162 valence electrons. The van der Waals surface area contributed by atoms with Gasteiger partial charge in [0.15, 0.2) is 5.76 Å². The van der Waals surface area contributed by atoms with Gasteiger partial charge in [-0.05, 0) is 54.8 Å². The molecule has 32 heavy (non-hydrogen) atoms. The van der Waals surface area contributed by atoms with Crippen molar-refractivity contribution < 1.29 is 14.0 Å². The van der Waals surface area contributed by atoms with Gasteiger partial charge in [0.05, 0.1) is 11.8 Å². The number of benzene rings is 1. The van der Waals surface area contributed by atoms with Crippen molar-refractivity contribution in [2.45, 2.75) is 19.4 Å². The number of carbonyl (C=O) groups excluding carboxylic acids is 2. The summed E-state index contributed by atoms with van der Waals surface area (Å²) in [6.45, 7) is 1.87.